The highest BCUT2D eigenvalue weighted by atomic mass is 35.5. The van der Waals surface area contributed by atoms with Crippen LogP contribution in [0.5, 0.6) is 11.6 Å². The van der Waals surface area contributed by atoms with E-state index in [2.05, 4.69) is 4.98 Å². The number of ether oxygens (including phenoxy) is 1. The molecule has 2 N–H and O–H groups in total. The van der Waals surface area contributed by atoms with Gasteiger partial charge in [-0.15, -0.1) is 0 Å². The molecule has 0 radical (unpaired) electrons. The summed E-state index contributed by atoms with van der Waals surface area (Å²) in [5.41, 5.74) is 5.07. The van der Waals surface area contributed by atoms with Crippen LogP contribution < -0.4 is 10.5 Å². The molecule has 19 heavy (non-hydrogen) atoms. The van der Waals surface area contributed by atoms with Gasteiger partial charge < -0.3 is 10.5 Å². The molecular weight excluding hydrogens is 277 g/mol. The first-order valence-corrected chi connectivity index (χ1v) is 5.39. The molecule has 1 aromatic heterocycles. The van der Waals surface area contributed by atoms with Crippen LogP contribution in [0.25, 0.3) is 0 Å². The first kappa shape index (κ1) is 13.0. The van der Waals surface area contributed by atoms with Crippen LogP contribution in [0.2, 0.25) is 5.02 Å². The molecule has 0 aliphatic rings. The quantitative estimate of drug-likeness (QED) is 0.690. The third kappa shape index (κ3) is 2.89. The Labute approximate surface area is 111 Å². The van der Waals surface area contributed by atoms with Crippen molar-refractivity contribution in [1.29, 1.82) is 0 Å². The van der Waals surface area contributed by atoms with Gasteiger partial charge in [0.2, 0.25) is 0 Å². The van der Waals surface area contributed by atoms with Crippen molar-refractivity contribution >= 4 is 23.1 Å². The summed E-state index contributed by atoms with van der Waals surface area (Å²) in [6.07, 6.45) is 0. The van der Waals surface area contributed by atoms with E-state index in [1.807, 2.05) is 0 Å². The second kappa shape index (κ2) is 5.07. The Morgan fingerprint density at radius 2 is 2.11 bits per heavy atom. The molecule has 0 spiro atoms. The van der Waals surface area contributed by atoms with Gasteiger partial charge in [0.1, 0.15) is 17.4 Å². The lowest BCUT2D eigenvalue weighted by Crippen LogP contribution is -1.99. The Morgan fingerprint density at radius 3 is 2.74 bits per heavy atom. The maximum atomic E-state index is 12.9. The predicted molar refractivity (Wildman–Crippen MR) is 66.8 cm³/mol. The van der Waals surface area contributed by atoms with Crippen molar-refractivity contribution in [3.63, 3.8) is 0 Å². The van der Waals surface area contributed by atoms with E-state index in [1.165, 1.54) is 12.1 Å². The highest BCUT2D eigenvalue weighted by Gasteiger charge is 2.19. The van der Waals surface area contributed by atoms with Gasteiger partial charge in [-0.25, -0.2) is 4.39 Å². The maximum Gasteiger partial charge on any atom is 0.331 e. The van der Waals surface area contributed by atoms with Crippen molar-refractivity contribution in [1.82, 2.24) is 4.98 Å². The third-order valence-electron chi connectivity index (χ3n) is 2.16. The van der Waals surface area contributed by atoms with Gasteiger partial charge in [-0.05, 0) is 24.3 Å². The number of hydrogen-bond donors (Lipinski definition) is 1. The summed E-state index contributed by atoms with van der Waals surface area (Å²) >= 11 is 5.76. The van der Waals surface area contributed by atoms with Gasteiger partial charge in [-0.2, -0.15) is 4.98 Å². The van der Waals surface area contributed by atoms with Crippen molar-refractivity contribution in [2.24, 2.45) is 0 Å². The lowest BCUT2D eigenvalue weighted by atomic mass is 10.3. The van der Waals surface area contributed by atoms with Crippen LogP contribution in [0.1, 0.15) is 0 Å². The second-order valence-electron chi connectivity index (χ2n) is 3.49. The molecule has 2 aromatic rings. The Morgan fingerprint density at radius 1 is 1.37 bits per heavy atom. The molecular formula is C11H7ClFN3O3. The molecule has 1 heterocycles. The fourth-order valence-electron chi connectivity index (χ4n) is 1.32. The number of nitro groups is 1. The van der Waals surface area contributed by atoms with E-state index in [9.17, 15) is 14.5 Å². The van der Waals surface area contributed by atoms with E-state index in [0.29, 0.717) is 0 Å². The highest BCUT2D eigenvalue weighted by Crippen LogP contribution is 2.34. The molecule has 0 atom stereocenters. The third-order valence-corrected chi connectivity index (χ3v) is 2.45. The molecule has 8 heteroatoms. The summed E-state index contributed by atoms with van der Waals surface area (Å²) in [6.45, 7) is 0. The number of hydrogen-bond acceptors (Lipinski definition) is 5. The average molecular weight is 284 g/mol. The Bertz CT molecular complexity index is 651. The van der Waals surface area contributed by atoms with Crippen LogP contribution >= 0.6 is 11.6 Å². The van der Waals surface area contributed by atoms with Crippen LogP contribution in [0.15, 0.2) is 30.3 Å². The van der Waals surface area contributed by atoms with Crippen LogP contribution in [-0.2, 0) is 0 Å². The fraction of sp³-hybridized carbons (Fsp3) is 0. The number of benzene rings is 1. The number of halogens is 2. The smallest absolute Gasteiger partial charge is 0.331 e. The van der Waals surface area contributed by atoms with Crippen molar-refractivity contribution in [3.05, 3.63) is 51.3 Å². The predicted octanol–water partition coefficient (Wildman–Crippen LogP) is 3.16. The lowest BCUT2D eigenvalue weighted by molar-refractivity contribution is -0.386. The number of nitrogens with zero attached hydrogens (tertiary/aromatic N) is 2. The molecule has 0 bridgehead atoms. The number of aromatic nitrogens is 1. The molecule has 6 nitrogen and oxygen atoms in total. The average Bonchev–Trinajstić information content (AvgIpc) is 2.32. The topological polar surface area (TPSA) is 91.3 Å². The summed E-state index contributed by atoms with van der Waals surface area (Å²) in [5, 5.41) is 10.8. The maximum absolute atomic E-state index is 12.9. The van der Waals surface area contributed by atoms with E-state index in [4.69, 9.17) is 22.1 Å². The van der Waals surface area contributed by atoms with Crippen molar-refractivity contribution in [2.75, 3.05) is 5.73 Å². The van der Waals surface area contributed by atoms with Crippen molar-refractivity contribution in [2.45, 2.75) is 0 Å². The first-order valence-electron chi connectivity index (χ1n) is 5.01. The zero-order chi connectivity index (χ0) is 14.0. The molecule has 1 aromatic carbocycles. The van der Waals surface area contributed by atoms with E-state index in [-0.39, 0.29) is 28.2 Å². The van der Waals surface area contributed by atoms with Crippen LogP contribution in [-0.4, -0.2) is 9.91 Å². The minimum Gasteiger partial charge on any atom is -0.432 e. The molecule has 0 aliphatic carbocycles. The molecule has 0 saturated carbocycles. The Hall–Kier alpha value is -2.41. The number of anilines is 1. The van der Waals surface area contributed by atoms with Gasteiger partial charge in [0, 0.05) is 6.07 Å². The molecule has 0 aliphatic heterocycles. The largest absolute Gasteiger partial charge is 0.432 e. The van der Waals surface area contributed by atoms with Gasteiger partial charge >= 0.3 is 11.6 Å². The molecule has 2 rings (SSSR count). The van der Waals surface area contributed by atoms with E-state index in [1.54, 1.807) is 0 Å². The first-order chi connectivity index (χ1) is 8.97. The zero-order valence-corrected chi connectivity index (χ0v) is 10.1. The van der Waals surface area contributed by atoms with E-state index in [0.717, 1.165) is 18.2 Å². The van der Waals surface area contributed by atoms with Crippen molar-refractivity contribution in [3.8, 4) is 11.6 Å². The molecule has 98 valence electrons. The summed E-state index contributed by atoms with van der Waals surface area (Å²) in [6, 6.07) is 5.81. The monoisotopic (exact) mass is 283 g/mol. The van der Waals surface area contributed by atoms with Crippen LogP contribution in [0.3, 0.4) is 0 Å². The normalized spacial score (nSPS) is 10.2. The Balaban J connectivity index is 2.42. The molecule has 0 fully saturated rings. The second-order valence-corrected chi connectivity index (χ2v) is 3.90. The number of rotatable bonds is 3. The molecule has 0 amide bonds. The number of nitrogen functional groups attached to an aromatic ring is 1. The Kier molecular flexibility index (Phi) is 3.48. The minimum absolute atomic E-state index is 0.0291. The van der Waals surface area contributed by atoms with Gasteiger partial charge in [0.25, 0.3) is 0 Å². The lowest BCUT2D eigenvalue weighted by Gasteiger charge is -2.07. The van der Waals surface area contributed by atoms with Gasteiger partial charge in [0.15, 0.2) is 0 Å². The van der Waals surface area contributed by atoms with Gasteiger partial charge in [-0.1, -0.05) is 11.6 Å². The zero-order valence-electron chi connectivity index (χ0n) is 9.34. The van der Waals surface area contributed by atoms with Crippen molar-refractivity contribution < 1.29 is 14.1 Å². The summed E-state index contributed by atoms with van der Waals surface area (Å²) in [5.74, 6) is -0.756. The number of nitrogens with two attached hydrogens (primary N) is 1. The summed E-state index contributed by atoms with van der Waals surface area (Å²) in [4.78, 5) is 13.9. The SMILES string of the molecule is Nc1ccc([N+](=O)[O-])c(Oc2ccc(F)cc2Cl)n1. The number of pyridine rings is 1. The van der Waals surface area contributed by atoms with Gasteiger partial charge in [-0.3, -0.25) is 10.1 Å². The van der Waals surface area contributed by atoms with Crippen LogP contribution in [0, 0.1) is 15.9 Å². The van der Waals surface area contributed by atoms with E-state index >= 15 is 0 Å². The highest BCUT2D eigenvalue weighted by molar-refractivity contribution is 6.32. The standard InChI is InChI=1S/C11H7ClFN3O3/c12-7-5-6(13)1-3-9(7)19-11-8(16(17)18)2-4-10(14)15-11/h1-5H,(H2,14,15). The molecule has 0 unspecified atom stereocenters. The fourth-order valence-corrected chi connectivity index (χ4v) is 1.53. The summed E-state index contributed by atoms with van der Waals surface area (Å²) < 4.78 is 18.1. The summed E-state index contributed by atoms with van der Waals surface area (Å²) in [7, 11) is 0. The molecule has 0 saturated heterocycles. The van der Waals surface area contributed by atoms with E-state index < -0.39 is 10.7 Å². The minimum atomic E-state index is -0.667. The van der Waals surface area contributed by atoms with Crippen LogP contribution in [0.4, 0.5) is 15.9 Å². The van der Waals surface area contributed by atoms with Gasteiger partial charge in [0.05, 0.1) is 9.95 Å².